The first kappa shape index (κ1) is 20.6. The number of nitriles is 1. The summed E-state index contributed by atoms with van der Waals surface area (Å²) in [5.74, 6) is -3.13. The third-order valence-corrected chi connectivity index (χ3v) is 6.02. The first-order valence-corrected chi connectivity index (χ1v) is 9.68. The van der Waals surface area contributed by atoms with Gasteiger partial charge >= 0.3 is 5.97 Å². The van der Waals surface area contributed by atoms with Gasteiger partial charge in [0.15, 0.2) is 0 Å². The molecular weight excluding hydrogens is 366 g/mol. The summed E-state index contributed by atoms with van der Waals surface area (Å²) >= 11 is 1.07. The summed E-state index contributed by atoms with van der Waals surface area (Å²) in [6.45, 7) is 6.53. The van der Waals surface area contributed by atoms with Crippen LogP contribution < -0.4 is 5.32 Å². The molecule has 0 radical (unpaired) electrons. The van der Waals surface area contributed by atoms with Gasteiger partial charge in [0, 0.05) is 13.1 Å². The number of rotatable bonds is 6. The predicted octanol–water partition coefficient (Wildman–Crippen LogP) is 3.02. The largest absolute Gasteiger partial charge is 0.481 e. The maximum atomic E-state index is 12.7. The number of aliphatic carboxylic acids is 1. The SMILES string of the molecule is CCN(CC)C(=O)c1sc(NC(=O)[C@H]2CC=CC[C@H]2C(=O)O)c(C#N)c1C. The molecule has 0 saturated carbocycles. The molecule has 0 fully saturated rings. The number of carboxylic acid groups (broad SMARTS) is 1. The Morgan fingerprint density at radius 2 is 1.85 bits per heavy atom. The molecule has 1 aliphatic carbocycles. The molecule has 7 nitrogen and oxygen atoms in total. The molecule has 1 heterocycles. The van der Waals surface area contributed by atoms with Crippen LogP contribution in [0.2, 0.25) is 0 Å². The fourth-order valence-corrected chi connectivity index (χ4v) is 4.30. The number of nitrogens with one attached hydrogen (secondary N) is 1. The number of amides is 2. The lowest BCUT2D eigenvalue weighted by Crippen LogP contribution is -2.34. The van der Waals surface area contributed by atoms with Gasteiger partial charge in [-0.2, -0.15) is 5.26 Å². The highest BCUT2D eigenvalue weighted by molar-refractivity contribution is 7.18. The van der Waals surface area contributed by atoms with Crippen molar-refractivity contribution in [2.75, 3.05) is 18.4 Å². The fraction of sp³-hybridized carbons (Fsp3) is 0.474. The average molecular weight is 389 g/mol. The maximum absolute atomic E-state index is 12.7. The molecule has 8 heteroatoms. The Bertz CT molecular complexity index is 818. The molecule has 2 rings (SSSR count). The summed E-state index contributed by atoms with van der Waals surface area (Å²) in [5, 5.41) is 21.8. The summed E-state index contributed by atoms with van der Waals surface area (Å²) in [5.41, 5.74) is 0.787. The van der Waals surface area contributed by atoms with Gasteiger partial charge in [-0.3, -0.25) is 14.4 Å². The number of hydrogen-bond donors (Lipinski definition) is 2. The number of carbonyl (C=O) groups excluding carboxylic acids is 2. The second kappa shape index (κ2) is 8.82. The molecule has 0 saturated heterocycles. The third kappa shape index (κ3) is 4.19. The van der Waals surface area contributed by atoms with Crippen molar-refractivity contribution < 1.29 is 19.5 Å². The van der Waals surface area contributed by atoms with Crippen LogP contribution in [0.25, 0.3) is 0 Å². The summed E-state index contributed by atoms with van der Waals surface area (Å²) in [7, 11) is 0. The summed E-state index contributed by atoms with van der Waals surface area (Å²) in [6, 6.07) is 2.05. The van der Waals surface area contributed by atoms with Crippen LogP contribution in [0.3, 0.4) is 0 Å². The van der Waals surface area contributed by atoms with Crippen LogP contribution >= 0.6 is 11.3 Å². The van der Waals surface area contributed by atoms with Gasteiger partial charge in [-0.05, 0) is 39.2 Å². The van der Waals surface area contributed by atoms with Gasteiger partial charge in [-0.25, -0.2) is 0 Å². The first-order valence-electron chi connectivity index (χ1n) is 8.87. The van der Waals surface area contributed by atoms with Gasteiger partial charge in [0.25, 0.3) is 5.91 Å². The van der Waals surface area contributed by atoms with Crippen LogP contribution in [-0.4, -0.2) is 40.9 Å². The number of thiophene rings is 1. The van der Waals surface area contributed by atoms with E-state index in [1.54, 1.807) is 24.0 Å². The zero-order chi connectivity index (χ0) is 20.1. The summed E-state index contributed by atoms with van der Waals surface area (Å²) in [6.07, 6.45) is 4.19. The molecule has 2 amide bonds. The van der Waals surface area contributed by atoms with Crippen LogP contribution in [0.5, 0.6) is 0 Å². The molecule has 144 valence electrons. The summed E-state index contributed by atoms with van der Waals surface area (Å²) < 4.78 is 0. The molecule has 0 bridgehead atoms. The predicted molar refractivity (Wildman–Crippen MR) is 103 cm³/mol. The quantitative estimate of drug-likeness (QED) is 0.727. The highest BCUT2D eigenvalue weighted by Crippen LogP contribution is 2.35. The van der Waals surface area contributed by atoms with E-state index >= 15 is 0 Å². The fourth-order valence-electron chi connectivity index (χ4n) is 3.18. The van der Waals surface area contributed by atoms with Crippen LogP contribution in [0.1, 0.15) is 47.5 Å². The maximum Gasteiger partial charge on any atom is 0.307 e. The third-order valence-electron chi connectivity index (χ3n) is 4.83. The number of nitrogens with zero attached hydrogens (tertiary/aromatic N) is 2. The van der Waals surface area contributed by atoms with Gasteiger partial charge in [0.1, 0.15) is 11.1 Å². The zero-order valence-electron chi connectivity index (χ0n) is 15.6. The van der Waals surface area contributed by atoms with E-state index in [1.165, 1.54) is 0 Å². The topological polar surface area (TPSA) is 110 Å². The van der Waals surface area contributed by atoms with E-state index in [1.807, 2.05) is 13.8 Å². The molecule has 2 atom stereocenters. The molecule has 0 aromatic carbocycles. The van der Waals surface area contributed by atoms with Crippen LogP contribution in [0, 0.1) is 30.1 Å². The smallest absolute Gasteiger partial charge is 0.307 e. The minimum absolute atomic E-state index is 0.177. The first-order chi connectivity index (χ1) is 12.8. The minimum Gasteiger partial charge on any atom is -0.481 e. The van der Waals surface area contributed by atoms with E-state index in [0.29, 0.717) is 41.4 Å². The van der Waals surface area contributed by atoms with Crippen molar-refractivity contribution in [1.82, 2.24) is 4.90 Å². The van der Waals surface area contributed by atoms with Crippen molar-refractivity contribution >= 4 is 34.1 Å². The number of hydrogen-bond acceptors (Lipinski definition) is 5. The molecular formula is C19H23N3O4S. The van der Waals surface area contributed by atoms with E-state index in [-0.39, 0.29) is 11.5 Å². The number of anilines is 1. The number of carbonyl (C=O) groups is 3. The van der Waals surface area contributed by atoms with Gasteiger partial charge in [0.05, 0.1) is 22.3 Å². The molecule has 27 heavy (non-hydrogen) atoms. The highest BCUT2D eigenvalue weighted by Gasteiger charge is 2.35. The molecule has 1 aliphatic rings. The molecule has 0 unspecified atom stereocenters. The lowest BCUT2D eigenvalue weighted by molar-refractivity contribution is -0.146. The molecule has 2 N–H and O–H groups in total. The van der Waals surface area contributed by atoms with E-state index in [9.17, 15) is 24.8 Å². The van der Waals surface area contributed by atoms with E-state index in [0.717, 1.165) is 11.3 Å². The average Bonchev–Trinajstić information content (AvgIpc) is 2.97. The van der Waals surface area contributed by atoms with Crippen molar-refractivity contribution in [3.8, 4) is 6.07 Å². The van der Waals surface area contributed by atoms with Crippen molar-refractivity contribution in [2.45, 2.75) is 33.6 Å². The van der Waals surface area contributed by atoms with Crippen LogP contribution in [-0.2, 0) is 9.59 Å². The van der Waals surface area contributed by atoms with Crippen LogP contribution in [0.4, 0.5) is 5.00 Å². The molecule has 1 aromatic heterocycles. The monoisotopic (exact) mass is 389 g/mol. The van der Waals surface area contributed by atoms with Crippen LogP contribution in [0.15, 0.2) is 12.2 Å². The van der Waals surface area contributed by atoms with Gasteiger partial charge in [-0.15, -0.1) is 11.3 Å². The highest BCUT2D eigenvalue weighted by atomic mass is 32.1. The number of allylic oxidation sites excluding steroid dienone is 2. The Kier molecular flexibility index (Phi) is 6.75. The van der Waals surface area contributed by atoms with Gasteiger partial charge < -0.3 is 15.3 Å². The minimum atomic E-state index is -1.01. The Morgan fingerprint density at radius 3 is 2.37 bits per heavy atom. The van der Waals surface area contributed by atoms with Gasteiger partial charge in [-0.1, -0.05) is 12.2 Å². The Balaban J connectivity index is 2.31. The van der Waals surface area contributed by atoms with E-state index in [2.05, 4.69) is 11.4 Å². The normalized spacial score (nSPS) is 18.6. The summed E-state index contributed by atoms with van der Waals surface area (Å²) in [4.78, 5) is 38.8. The Morgan fingerprint density at radius 1 is 1.26 bits per heavy atom. The standard InChI is InChI=1S/C19H23N3O4S/c1-4-22(5-2)18(24)15-11(3)14(10-20)17(27-15)21-16(23)12-8-6-7-9-13(12)19(25)26/h6-7,12-13H,4-5,8-9H2,1-3H3,(H,21,23)(H,25,26)/t12-,13+/m0/s1. The lowest BCUT2D eigenvalue weighted by Gasteiger charge is -2.23. The van der Waals surface area contributed by atoms with E-state index < -0.39 is 23.7 Å². The second-order valence-electron chi connectivity index (χ2n) is 6.33. The Labute approximate surface area is 162 Å². The zero-order valence-corrected chi connectivity index (χ0v) is 16.4. The molecule has 0 spiro atoms. The van der Waals surface area contributed by atoms with E-state index in [4.69, 9.17) is 0 Å². The van der Waals surface area contributed by atoms with Crippen molar-refractivity contribution in [2.24, 2.45) is 11.8 Å². The molecule has 1 aromatic rings. The van der Waals surface area contributed by atoms with Crippen molar-refractivity contribution in [3.05, 3.63) is 28.2 Å². The van der Waals surface area contributed by atoms with Crippen molar-refractivity contribution in [1.29, 1.82) is 5.26 Å². The second-order valence-corrected chi connectivity index (χ2v) is 7.35. The van der Waals surface area contributed by atoms with Gasteiger partial charge in [0.2, 0.25) is 5.91 Å². The molecule has 0 aliphatic heterocycles. The lowest BCUT2D eigenvalue weighted by atomic mass is 9.82. The Hall–Kier alpha value is -2.66. The number of carboxylic acids is 1. The van der Waals surface area contributed by atoms with Crippen molar-refractivity contribution in [3.63, 3.8) is 0 Å².